The van der Waals surface area contributed by atoms with Crippen LogP contribution in [0.25, 0.3) is 0 Å². The topological polar surface area (TPSA) is 47.9 Å². The first-order valence-electron chi connectivity index (χ1n) is 3.33. The molecule has 0 spiro atoms. The molecule has 0 aromatic carbocycles. The Hall–Kier alpha value is -1.32. The molecule has 4 nitrogen and oxygen atoms in total. The van der Waals surface area contributed by atoms with Crippen molar-refractivity contribution in [2.45, 2.75) is 13.8 Å². The molecule has 0 saturated carbocycles. The molecule has 0 aromatic rings. The van der Waals surface area contributed by atoms with Crippen LogP contribution in [0.3, 0.4) is 0 Å². The molecule has 0 saturated heterocycles. The van der Waals surface area contributed by atoms with Crippen molar-refractivity contribution in [1.82, 2.24) is 0 Å². The van der Waals surface area contributed by atoms with E-state index in [-0.39, 0.29) is 0 Å². The van der Waals surface area contributed by atoms with Crippen LogP contribution in [-0.4, -0.2) is 18.3 Å². The molecule has 4 heteroatoms. The predicted molar refractivity (Wildman–Crippen MR) is 38.9 cm³/mol. The van der Waals surface area contributed by atoms with Gasteiger partial charge in [0, 0.05) is 0 Å². The number of oxime groups is 1. The van der Waals surface area contributed by atoms with E-state index in [2.05, 4.69) is 9.99 Å². The third-order valence-corrected chi connectivity index (χ3v) is 1.24. The van der Waals surface area contributed by atoms with Crippen LogP contribution in [0.1, 0.15) is 13.8 Å². The fourth-order valence-electron chi connectivity index (χ4n) is 0.656. The van der Waals surface area contributed by atoms with E-state index in [0.29, 0.717) is 17.9 Å². The molecule has 0 unspecified atom stereocenters. The van der Waals surface area contributed by atoms with Gasteiger partial charge >= 0.3 is 5.97 Å². The molecule has 1 aliphatic heterocycles. The lowest BCUT2D eigenvalue weighted by molar-refractivity contribution is -0.137. The van der Waals surface area contributed by atoms with E-state index in [1.807, 2.05) is 6.92 Å². The van der Waals surface area contributed by atoms with Gasteiger partial charge < -0.3 is 9.57 Å². The smallest absolute Gasteiger partial charge is 0.370 e. The van der Waals surface area contributed by atoms with Crippen LogP contribution in [0.4, 0.5) is 0 Å². The molecule has 1 aliphatic rings. The van der Waals surface area contributed by atoms with Gasteiger partial charge in [0.05, 0.1) is 18.6 Å². The van der Waals surface area contributed by atoms with Gasteiger partial charge in [-0.2, -0.15) is 0 Å². The number of ether oxygens (including phenoxy) is 1. The fourth-order valence-corrected chi connectivity index (χ4v) is 0.656. The Labute approximate surface area is 64.5 Å². The summed E-state index contributed by atoms with van der Waals surface area (Å²) in [5, 5.41) is 3.47. The van der Waals surface area contributed by atoms with Gasteiger partial charge in [0.15, 0.2) is 0 Å². The molecular formula is C7H9NO3. The van der Waals surface area contributed by atoms with E-state index in [9.17, 15) is 4.79 Å². The molecule has 0 bridgehead atoms. The Morgan fingerprint density at radius 1 is 1.73 bits per heavy atom. The van der Waals surface area contributed by atoms with Crippen LogP contribution in [0.15, 0.2) is 17.0 Å². The molecule has 0 radical (unpaired) electrons. The lowest BCUT2D eigenvalue weighted by Gasteiger charge is -1.94. The molecule has 0 N–H and O–H groups in total. The summed E-state index contributed by atoms with van der Waals surface area (Å²) in [4.78, 5) is 15.2. The van der Waals surface area contributed by atoms with E-state index in [4.69, 9.17) is 4.74 Å². The normalized spacial score (nSPS) is 20.0. The van der Waals surface area contributed by atoms with Crippen LogP contribution in [0, 0.1) is 0 Å². The summed E-state index contributed by atoms with van der Waals surface area (Å²) in [6, 6.07) is 0. The summed E-state index contributed by atoms with van der Waals surface area (Å²) in [5.41, 5.74) is 0.954. The first kappa shape index (κ1) is 7.78. The first-order valence-corrected chi connectivity index (χ1v) is 3.33. The Bertz CT molecular complexity index is 230. The Morgan fingerprint density at radius 2 is 2.45 bits per heavy atom. The van der Waals surface area contributed by atoms with Gasteiger partial charge in [-0.15, -0.1) is 0 Å². The Kier molecular flexibility index (Phi) is 2.25. The van der Waals surface area contributed by atoms with Crippen molar-refractivity contribution < 1.29 is 14.4 Å². The third-order valence-electron chi connectivity index (χ3n) is 1.24. The summed E-state index contributed by atoms with van der Waals surface area (Å²) in [5.74, 6) is -0.448. The van der Waals surface area contributed by atoms with Crippen LogP contribution in [0.2, 0.25) is 0 Å². The monoisotopic (exact) mass is 155 g/mol. The minimum Gasteiger partial charge on any atom is -0.501 e. The van der Waals surface area contributed by atoms with Crippen molar-refractivity contribution in [1.29, 1.82) is 0 Å². The minimum absolute atomic E-state index is 0.395. The molecule has 0 fully saturated rings. The van der Waals surface area contributed by atoms with E-state index in [1.165, 1.54) is 6.26 Å². The molecule has 1 heterocycles. The van der Waals surface area contributed by atoms with Crippen LogP contribution in [-0.2, 0) is 14.4 Å². The zero-order valence-electron chi connectivity index (χ0n) is 6.46. The van der Waals surface area contributed by atoms with Gasteiger partial charge in [-0.25, -0.2) is 4.79 Å². The van der Waals surface area contributed by atoms with Gasteiger partial charge in [-0.1, -0.05) is 5.16 Å². The van der Waals surface area contributed by atoms with Crippen molar-refractivity contribution in [3.05, 3.63) is 11.8 Å². The highest BCUT2D eigenvalue weighted by molar-refractivity contribution is 6.20. The van der Waals surface area contributed by atoms with Crippen molar-refractivity contribution in [3.8, 4) is 0 Å². The second-order valence-electron chi connectivity index (χ2n) is 2.04. The summed E-state index contributed by atoms with van der Waals surface area (Å²) in [6.45, 7) is 4.06. The lowest BCUT2D eigenvalue weighted by Crippen LogP contribution is -2.02. The molecule has 0 aliphatic carbocycles. The molecule has 0 aromatic heterocycles. The number of rotatable bonds is 2. The highest BCUT2D eigenvalue weighted by atomic mass is 16.7. The predicted octanol–water partition coefficient (Wildman–Crippen LogP) is 0.840. The van der Waals surface area contributed by atoms with Crippen molar-refractivity contribution in [3.63, 3.8) is 0 Å². The maximum Gasteiger partial charge on any atom is 0.370 e. The van der Waals surface area contributed by atoms with E-state index in [0.717, 1.165) is 0 Å². The number of hydrogen-bond donors (Lipinski definition) is 0. The first-order chi connectivity index (χ1) is 5.25. The third kappa shape index (κ3) is 1.58. The van der Waals surface area contributed by atoms with E-state index in [1.54, 1.807) is 6.92 Å². The summed E-state index contributed by atoms with van der Waals surface area (Å²) >= 11 is 0. The number of hydrogen-bond acceptors (Lipinski definition) is 4. The van der Waals surface area contributed by atoms with Gasteiger partial charge in [-0.3, -0.25) is 0 Å². The lowest BCUT2D eigenvalue weighted by atomic mass is 10.2. The average molecular weight is 155 g/mol. The maximum absolute atomic E-state index is 10.8. The molecular weight excluding hydrogens is 146 g/mol. The summed E-state index contributed by atoms with van der Waals surface area (Å²) in [6.07, 6.45) is 1.37. The second kappa shape index (κ2) is 3.18. The molecule has 11 heavy (non-hydrogen) atoms. The largest absolute Gasteiger partial charge is 0.501 e. The number of carbonyl (C=O) groups is 1. The number of carbonyl (C=O) groups excluding carboxylic acids is 1. The average Bonchev–Trinajstić information content (AvgIpc) is 2.29. The van der Waals surface area contributed by atoms with E-state index < -0.39 is 5.97 Å². The van der Waals surface area contributed by atoms with E-state index >= 15 is 0 Å². The van der Waals surface area contributed by atoms with Crippen molar-refractivity contribution in [2.75, 3.05) is 6.61 Å². The fraction of sp³-hybridized carbons (Fsp3) is 0.429. The molecule has 0 amide bonds. The zero-order valence-corrected chi connectivity index (χ0v) is 6.46. The molecule has 60 valence electrons. The standard InChI is InChI=1S/C7H9NO3/c1-3-10-4-6-5(2)8-11-7(6)9/h4H,3H2,1-2H3/b6-4+. The SMILES string of the molecule is CCO/C=C1/C(=O)ON=C1C. The maximum atomic E-state index is 10.8. The Balaban J connectivity index is 2.69. The van der Waals surface area contributed by atoms with Gasteiger partial charge in [0.25, 0.3) is 0 Å². The summed E-state index contributed by atoms with van der Waals surface area (Å²) < 4.78 is 4.91. The Morgan fingerprint density at radius 3 is 2.91 bits per heavy atom. The minimum atomic E-state index is -0.448. The van der Waals surface area contributed by atoms with Gasteiger partial charge in [-0.05, 0) is 13.8 Å². The van der Waals surface area contributed by atoms with Crippen LogP contribution < -0.4 is 0 Å². The number of nitrogens with zero attached hydrogens (tertiary/aromatic N) is 1. The van der Waals surface area contributed by atoms with Gasteiger partial charge in [0.1, 0.15) is 5.57 Å². The quantitative estimate of drug-likeness (QED) is 0.337. The van der Waals surface area contributed by atoms with Gasteiger partial charge in [0.2, 0.25) is 0 Å². The van der Waals surface area contributed by atoms with Crippen LogP contribution >= 0.6 is 0 Å². The summed E-state index contributed by atoms with van der Waals surface area (Å²) in [7, 11) is 0. The zero-order chi connectivity index (χ0) is 8.27. The second-order valence-corrected chi connectivity index (χ2v) is 2.04. The van der Waals surface area contributed by atoms with Crippen LogP contribution in [0.5, 0.6) is 0 Å². The van der Waals surface area contributed by atoms with Crippen molar-refractivity contribution in [2.24, 2.45) is 5.16 Å². The molecule has 0 atom stereocenters. The molecule has 1 rings (SSSR count). The van der Waals surface area contributed by atoms with Crippen molar-refractivity contribution >= 4 is 11.7 Å². The highest BCUT2D eigenvalue weighted by Crippen LogP contribution is 2.09. The highest BCUT2D eigenvalue weighted by Gasteiger charge is 2.21.